The Morgan fingerprint density at radius 1 is 0.929 bits per heavy atom. The monoisotopic (exact) mass is 434 g/mol. The summed E-state index contributed by atoms with van der Waals surface area (Å²) in [7, 11) is 0. The predicted octanol–water partition coefficient (Wildman–Crippen LogP) is 6.02. The zero-order valence-electron chi connectivity index (χ0n) is 15.0. The average molecular weight is 434 g/mol. The first kappa shape index (κ1) is 33.2. The number of hydrogen-bond donors (Lipinski definition) is 0. The first-order valence-electron chi connectivity index (χ1n) is 7.57. The van der Waals surface area contributed by atoms with E-state index in [0.717, 1.165) is 37.1 Å². The lowest BCUT2D eigenvalue weighted by Crippen LogP contribution is -2.01. The molecule has 0 N–H and O–H groups in total. The molecule has 0 atom stereocenters. The van der Waals surface area contributed by atoms with Crippen molar-refractivity contribution in [3.63, 3.8) is 0 Å². The molecule has 0 unspecified atom stereocenters. The molecule has 0 fully saturated rings. The largest absolute Gasteiger partial charge is 0.494 e. The van der Waals surface area contributed by atoms with Crippen molar-refractivity contribution in [2.45, 2.75) is 31.1 Å². The summed E-state index contributed by atoms with van der Waals surface area (Å²) >= 11 is 0.718. The zero-order chi connectivity index (χ0) is 16.5. The molecule has 0 saturated heterocycles. The third-order valence-electron chi connectivity index (χ3n) is 3.15. The number of halogens is 6. The summed E-state index contributed by atoms with van der Waals surface area (Å²) in [5.41, 5.74) is 0.398. The van der Waals surface area contributed by atoms with E-state index in [4.69, 9.17) is 8.92 Å². The van der Waals surface area contributed by atoms with Gasteiger partial charge in [-0.05, 0) is 42.8 Å². The van der Waals surface area contributed by atoms with Gasteiger partial charge in [0.15, 0.2) is 0 Å². The topological polar surface area (TPSA) is 35.5 Å². The minimum atomic E-state index is -0.518. The van der Waals surface area contributed by atoms with Crippen molar-refractivity contribution in [2.24, 2.45) is 0 Å². The standard InChI is InChI=1S/C18H19FO3S.5FH/c1-2-3-6-13-21-15-11-9-14(10-12-15)18(20)22-23-17-8-5-4-7-16(17)19;;;;;/h4-5,7-12H,2-3,6,13H2,1H3;5*1H. The molecule has 0 aromatic heterocycles. The highest BCUT2D eigenvalue weighted by Gasteiger charge is 2.10. The molecule has 2 aromatic rings. The van der Waals surface area contributed by atoms with Crippen molar-refractivity contribution < 1.29 is 41.6 Å². The quantitative estimate of drug-likeness (QED) is 0.289. The molecule has 0 amide bonds. The molecule has 162 valence electrons. The van der Waals surface area contributed by atoms with Crippen LogP contribution < -0.4 is 4.74 Å². The van der Waals surface area contributed by atoms with Crippen molar-refractivity contribution in [1.82, 2.24) is 0 Å². The molecule has 0 aliphatic rings. The van der Waals surface area contributed by atoms with Crippen LogP contribution in [0.4, 0.5) is 27.9 Å². The van der Waals surface area contributed by atoms with Crippen molar-refractivity contribution in [3.05, 3.63) is 59.9 Å². The van der Waals surface area contributed by atoms with Gasteiger partial charge in [0, 0.05) is 0 Å². The van der Waals surface area contributed by atoms with Crippen molar-refractivity contribution >= 4 is 18.0 Å². The van der Waals surface area contributed by atoms with Gasteiger partial charge in [-0.1, -0.05) is 31.9 Å². The lowest BCUT2D eigenvalue weighted by Gasteiger charge is -2.07. The lowest BCUT2D eigenvalue weighted by atomic mass is 10.2. The van der Waals surface area contributed by atoms with Crippen molar-refractivity contribution in [1.29, 1.82) is 0 Å². The van der Waals surface area contributed by atoms with E-state index in [1.807, 2.05) is 0 Å². The van der Waals surface area contributed by atoms with Gasteiger partial charge in [0.2, 0.25) is 0 Å². The summed E-state index contributed by atoms with van der Waals surface area (Å²) in [6.07, 6.45) is 3.30. The van der Waals surface area contributed by atoms with Crippen LogP contribution in [0.15, 0.2) is 53.4 Å². The van der Waals surface area contributed by atoms with E-state index >= 15 is 0 Å². The third kappa shape index (κ3) is 10.7. The SMILES string of the molecule is CCCCCOc1ccc(C(=O)OSc2ccccc2F)cc1.F.F.F.F.F. The summed E-state index contributed by atoms with van der Waals surface area (Å²) in [5.74, 6) is -0.212. The first-order valence-corrected chi connectivity index (χ1v) is 8.31. The fourth-order valence-electron chi connectivity index (χ4n) is 1.87. The average Bonchev–Trinajstić information content (AvgIpc) is 2.58. The van der Waals surface area contributed by atoms with Crippen LogP contribution in [0.5, 0.6) is 5.75 Å². The number of unbranched alkanes of at least 4 members (excludes halogenated alkanes) is 2. The Morgan fingerprint density at radius 2 is 1.54 bits per heavy atom. The molecular weight excluding hydrogens is 410 g/mol. The fraction of sp³-hybridized carbons (Fsp3) is 0.278. The van der Waals surface area contributed by atoms with Gasteiger partial charge in [0.05, 0.1) is 29.1 Å². The Morgan fingerprint density at radius 3 is 2.11 bits per heavy atom. The van der Waals surface area contributed by atoms with Crippen LogP contribution in [0.25, 0.3) is 0 Å². The van der Waals surface area contributed by atoms with Crippen LogP contribution in [0.3, 0.4) is 0 Å². The molecule has 0 aliphatic carbocycles. The Hall–Kier alpha value is -2.36. The number of carbonyl (C=O) groups excluding carboxylic acids is 1. The van der Waals surface area contributed by atoms with E-state index in [1.165, 1.54) is 6.07 Å². The van der Waals surface area contributed by atoms with Gasteiger partial charge in [-0.3, -0.25) is 23.5 Å². The normalized spacial score (nSPS) is 8.50. The van der Waals surface area contributed by atoms with E-state index in [2.05, 4.69) is 6.92 Å². The molecule has 0 aliphatic heterocycles. The van der Waals surface area contributed by atoms with Crippen LogP contribution in [0.1, 0.15) is 36.5 Å². The van der Waals surface area contributed by atoms with Crippen LogP contribution in [-0.2, 0) is 4.18 Å². The summed E-state index contributed by atoms with van der Waals surface area (Å²) in [6, 6.07) is 12.9. The van der Waals surface area contributed by atoms with E-state index in [1.54, 1.807) is 42.5 Å². The Labute approximate surface area is 163 Å². The Kier molecular flexibility index (Phi) is 21.4. The molecule has 0 heterocycles. The number of rotatable bonds is 8. The molecule has 0 spiro atoms. The van der Waals surface area contributed by atoms with Crippen LogP contribution >= 0.6 is 12.0 Å². The van der Waals surface area contributed by atoms with Crippen molar-refractivity contribution in [3.8, 4) is 5.75 Å². The van der Waals surface area contributed by atoms with Gasteiger partial charge in [-0.2, -0.15) is 0 Å². The van der Waals surface area contributed by atoms with Gasteiger partial charge >= 0.3 is 5.97 Å². The zero-order valence-corrected chi connectivity index (χ0v) is 15.8. The molecule has 0 radical (unpaired) electrons. The highest BCUT2D eigenvalue weighted by atomic mass is 32.2. The van der Waals surface area contributed by atoms with Gasteiger partial charge in [0.25, 0.3) is 0 Å². The Bertz CT molecular complexity index is 643. The summed E-state index contributed by atoms with van der Waals surface area (Å²) in [4.78, 5) is 12.2. The molecule has 2 aromatic carbocycles. The number of carbonyl (C=O) groups is 1. The fourth-order valence-corrected chi connectivity index (χ4v) is 2.42. The summed E-state index contributed by atoms with van der Waals surface area (Å²) in [6.45, 7) is 2.81. The highest BCUT2D eigenvalue weighted by molar-refractivity contribution is 7.95. The minimum Gasteiger partial charge on any atom is -0.494 e. The van der Waals surface area contributed by atoms with Gasteiger partial charge in [-0.25, -0.2) is 9.18 Å². The smallest absolute Gasteiger partial charge is 0.350 e. The third-order valence-corrected chi connectivity index (χ3v) is 3.90. The van der Waals surface area contributed by atoms with E-state index < -0.39 is 11.8 Å². The van der Waals surface area contributed by atoms with Crippen LogP contribution in [0, 0.1) is 5.82 Å². The second kappa shape index (κ2) is 18.0. The van der Waals surface area contributed by atoms with Gasteiger partial charge in [0.1, 0.15) is 11.6 Å². The minimum absolute atomic E-state index is 0. The maximum Gasteiger partial charge on any atom is 0.350 e. The molecule has 0 bridgehead atoms. The summed E-state index contributed by atoms with van der Waals surface area (Å²) in [5, 5.41) is 0. The molecule has 2 rings (SSSR count). The predicted molar refractivity (Wildman–Crippen MR) is 102 cm³/mol. The summed E-state index contributed by atoms with van der Waals surface area (Å²) < 4.78 is 24.1. The first-order chi connectivity index (χ1) is 11.2. The second-order valence-electron chi connectivity index (χ2n) is 4.96. The van der Waals surface area contributed by atoms with E-state index in [-0.39, 0.29) is 28.4 Å². The number of hydrogen-bond acceptors (Lipinski definition) is 4. The van der Waals surface area contributed by atoms with Gasteiger partial charge in [-0.15, -0.1) is 0 Å². The Balaban J connectivity index is -0.000000576. The van der Waals surface area contributed by atoms with Crippen LogP contribution in [-0.4, -0.2) is 12.6 Å². The second-order valence-corrected chi connectivity index (χ2v) is 5.74. The maximum absolute atomic E-state index is 13.4. The van der Waals surface area contributed by atoms with E-state index in [9.17, 15) is 9.18 Å². The maximum atomic E-state index is 13.4. The molecule has 3 nitrogen and oxygen atoms in total. The number of benzene rings is 2. The number of ether oxygens (including phenoxy) is 1. The molecule has 0 saturated carbocycles. The van der Waals surface area contributed by atoms with Crippen molar-refractivity contribution in [2.75, 3.05) is 6.61 Å². The molecule has 28 heavy (non-hydrogen) atoms. The lowest BCUT2D eigenvalue weighted by molar-refractivity contribution is 0.0768. The molecule has 10 heteroatoms. The molecular formula is C18H24F6O3S. The van der Waals surface area contributed by atoms with E-state index in [0.29, 0.717) is 12.2 Å². The van der Waals surface area contributed by atoms with Crippen LogP contribution in [0.2, 0.25) is 0 Å². The van der Waals surface area contributed by atoms with Gasteiger partial charge < -0.3 is 8.92 Å². The highest BCUT2D eigenvalue weighted by Crippen LogP contribution is 2.24.